The molecule has 2 N–H and O–H groups in total. The summed E-state index contributed by atoms with van der Waals surface area (Å²) in [6.07, 6.45) is 5.13. The maximum atomic E-state index is 9.23. The summed E-state index contributed by atoms with van der Waals surface area (Å²) >= 11 is 0. The Bertz CT molecular complexity index is 312. The van der Waals surface area contributed by atoms with Gasteiger partial charge in [0.25, 0.3) is 0 Å². The number of hydrogen-bond acceptors (Lipinski definition) is 2. The fraction of sp³-hybridized carbons (Fsp3) is 0.600. The summed E-state index contributed by atoms with van der Waals surface area (Å²) in [5.41, 5.74) is 2.23. The zero-order chi connectivity index (χ0) is 12.5. The first-order valence-electron chi connectivity index (χ1n) is 6.69. The molecule has 2 nitrogen and oxygen atoms in total. The molecule has 0 aliphatic carbocycles. The number of nitrogens with one attached hydrogen (secondary N) is 1. The van der Waals surface area contributed by atoms with Gasteiger partial charge in [-0.15, -0.1) is 0 Å². The molecule has 1 atom stereocenters. The van der Waals surface area contributed by atoms with Crippen molar-refractivity contribution in [1.82, 2.24) is 5.32 Å². The molecule has 1 unspecified atom stereocenters. The van der Waals surface area contributed by atoms with Crippen LogP contribution in [0.2, 0.25) is 0 Å². The Morgan fingerprint density at radius 3 is 2.53 bits per heavy atom. The van der Waals surface area contributed by atoms with Crippen LogP contribution in [-0.4, -0.2) is 11.1 Å². The summed E-state index contributed by atoms with van der Waals surface area (Å²) in [6.45, 7) is 5.44. The minimum Gasteiger partial charge on any atom is -0.392 e. The Labute approximate surface area is 105 Å². The van der Waals surface area contributed by atoms with Gasteiger partial charge in [-0.1, -0.05) is 50.5 Å². The van der Waals surface area contributed by atoms with Crippen LogP contribution in [0.1, 0.15) is 50.7 Å². The van der Waals surface area contributed by atoms with Gasteiger partial charge in [0.1, 0.15) is 0 Å². The Morgan fingerprint density at radius 2 is 1.88 bits per heavy atom. The van der Waals surface area contributed by atoms with Gasteiger partial charge < -0.3 is 10.4 Å². The highest BCUT2D eigenvalue weighted by Gasteiger charge is 2.03. The summed E-state index contributed by atoms with van der Waals surface area (Å²) in [5, 5.41) is 12.8. The van der Waals surface area contributed by atoms with Crippen molar-refractivity contribution in [1.29, 1.82) is 0 Å². The van der Waals surface area contributed by atoms with Crippen LogP contribution in [0, 0.1) is 0 Å². The summed E-state index contributed by atoms with van der Waals surface area (Å²) in [7, 11) is 0. The summed E-state index contributed by atoms with van der Waals surface area (Å²) in [4.78, 5) is 0. The minimum atomic E-state index is 0.127. The van der Waals surface area contributed by atoms with E-state index < -0.39 is 0 Å². The number of unbranched alkanes of at least 4 members (excludes halogenated alkanes) is 2. The molecule has 0 heterocycles. The first kappa shape index (κ1) is 14.2. The minimum absolute atomic E-state index is 0.127. The summed E-state index contributed by atoms with van der Waals surface area (Å²) in [6, 6.07) is 8.61. The van der Waals surface area contributed by atoms with Crippen LogP contribution >= 0.6 is 0 Å². The van der Waals surface area contributed by atoms with E-state index in [1.54, 1.807) is 0 Å². The van der Waals surface area contributed by atoms with Gasteiger partial charge in [0.2, 0.25) is 0 Å². The van der Waals surface area contributed by atoms with Crippen molar-refractivity contribution in [2.45, 2.75) is 58.7 Å². The molecule has 0 radical (unpaired) electrons. The van der Waals surface area contributed by atoms with Crippen molar-refractivity contribution >= 4 is 0 Å². The lowest BCUT2D eigenvalue weighted by Crippen LogP contribution is -2.25. The Balaban J connectivity index is 2.33. The molecule has 0 bridgehead atoms. The molecule has 2 heteroatoms. The number of benzene rings is 1. The highest BCUT2D eigenvalue weighted by Crippen LogP contribution is 2.09. The molecule has 0 aliphatic heterocycles. The number of aliphatic hydroxyl groups is 1. The van der Waals surface area contributed by atoms with Gasteiger partial charge in [-0.3, -0.25) is 0 Å². The molecule has 0 amide bonds. The predicted molar refractivity (Wildman–Crippen MR) is 72.8 cm³/mol. The van der Waals surface area contributed by atoms with Gasteiger partial charge in [0.15, 0.2) is 0 Å². The van der Waals surface area contributed by atoms with E-state index in [-0.39, 0.29) is 6.61 Å². The second-order valence-electron chi connectivity index (χ2n) is 4.70. The molecule has 96 valence electrons. The molecular formula is C15H25NO. The first-order chi connectivity index (χ1) is 8.27. The lowest BCUT2D eigenvalue weighted by Gasteiger charge is -2.15. The molecule has 1 aromatic carbocycles. The number of aliphatic hydroxyl groups excluding tert-OH is 1. The van der Waals surface area contributed by atoms with E-state index >= 15 is 0 Å². The molecule has 0 saturated carbocycles. The second kappa shape index (κ2) is 8.26. The van der Waals surface area contributed by atoms with Gasteiger partial charge in [-0.2, -0.15) is 0 Å². The van der Waals surface area contributed by atoms with Gasteiger partial charge in [0, 0.05) is 12.6 Å². The maximum absolute atomic E-state index is 9.23. The van der Waals surface area contributed by atoms with Crippen molar-refractivity contribution in [2.75, 3.05) is 0 Å². The second-order valence-corrected chi connectivity index (χ2v) is 4.70. The molecular weight excluding hydrogens is 210 g/mol. The summed E-state index contributed by atoms with van der Waals surface area (Å²) in [5.74, 6) is 0. The van der Waals surface area contributed by atoms with E-state index in [4.69, 9.17) is 0 Å². The predicted octanol–water partition coefficient (Wildman–Crippen LogP) is 3.24. The van der Waals surface area contributed by atoms with Crippen molar-refractivity contribution < 1.29 is 5.11 Å². The fourth-order valence-electron chi connectivity index (χ4n) is 1.97. The topological polar surface area (TPSA) is 32.3 Å². The standard InChI is InChI=1S/C15H25NO/c1-3-4-5-8-13(2)16-11-14-9-6-7-10-15(14)12-17/h6-7,9-10,13,16-17H,3-5,8,11-12H2,1-2H3. The maximum Gasteiger partial charge on any atom is 0.0685 e. The van der Waals surface area contributed by atoms with Crippen molar-refractivity contribution in [2.24, 2.45) is 0 Å². The fourth-order valence-corrected chi connectivity index (χ4v) is 1.97. The molecule has 0 aliphatic rings. The van der Waals surface area contributed by atoms with Crippen LogP contribution in [0.15, 0.2) is 24.3 Å². The molecule has 0 fully saturated rings. The van der Waals surface area contributed by atoms with E-state index in [1.807, 2.05) is 18.2 Å². The summed E-state index contributed by atoms with van der Waals surface area (Å²) < 4.78 is 0. The average Bonchev–Trinajstić information content (AvgIpc) is 2.37. The SMILES string of the molecule is CCCCCC(C)NCc1ccccc1CO. The molecule has 0 saturated heterocycles. The van der Waals surface area contributed by atoms with Crippen molar-refractivity contribution in [3.05, 3.63) is 35.4 Å². The number of rotatable bonds is 8. The normalized spacial score (nSPS) is 12.6. The largest absolute Gasteiger partial charge is 0.392 e. The van der Waals surface area contributed by atoms with E-state index in [2.05, 4.69) is 25.2 Å². The monoisotopic (exact) mass is 235 g/mol. The average molecular weight is 235 g/mol. The van der Waals surface area contributed by atoms with Crippen molar-refractivity contribution in [3.63, 3.8) is 0 Å². The highest BCUT2D eigenvalue weighted by molar-refractivity contribution is 5.26. The van der Waals surface area contributed by atoms with E-state index in [0.717, 1.165) is 12.1 Å². The highest BCUT2D eigenvalue weighted by atomic mass is 16.3. The molecule has 1 rings (SSSR count). The third kappa shape index (κ3) is 5.33. The molecule has 0 aromatic heterocycles. The van der Waals surface area contributed by atoms with Crippen LogP contribution in [0.5, 0.6) is 0 Å². The lowest BCUT2D eigenvalue weighted by atomic mass is 10.1. The smallest absolute Gasteiger partial charge is 0.0685 e. The van der Waals surface area contributed by atoms with Gasteiger partial charge >= 0.3 is 0 Å². The lowest BCUT2D eigenvalue weighted by molar-refractivity contribution is 0.280. The third-order valence-electron chi connectivity index (χ3n) is 3.17. The molecule has 1 aromatic rings. The van der Waals surface area contributed by atoms with Gasteiger partial charge in [-0.25, -0.2) is 0 Å². The zero-order valence-corrected chi connectivity index (χ0v) is 11.1. The van der Waals surface area contributed by atoms with E-state index in [0.29, 0.717) is 6.04 Å². The van der Waals surface area contributed by atoms with E-state index in [9.17, 15) is 5.11 Å². The van der Waals surface area contributed by atoms with Gasteiger partial charge in [0.05, 0.1) is 6.61 Å². The van der Waals surface area contributed by atoms with Gasteiger partial charge in [-0.05, 0) is 24.5 Å². The van der Waals surface area contributed by atoms with E-state index in [1.165, 1.54) is 31.2 Å². The Kier molecular flexibility index (Phi) is 6.90. The Morgan fingerprint density at radius 1 is 1.18 bits per heavy atom. The van der Waals surface area contributed by atoms with Crippen LogP contribution in [0.4, 0.5) is 0 Å². The molecule has 17 heavy (non-hydrogen) atoms. The van der Waals surface area contributed by atoms with Crippen LogP contribution in [0.25, 0.3) is 0 Å². The number of hydrogen-bond donors (Lipinski definition) is 2. The van der Waals surface area contributed by atoms with Crippen molar-refractivity contribution in [3.8, 4) is 0 Å². The van der Waals surface area contributed by atoms with Crippen LogP contribution < -0.4 is 5.32 Å². The van der Waals surface area contributed by atoms with Crippen LogP contribution in [0.3, 0.4) is 0 Å². The third-order valence-corrected chi connectivity index (χ3v) is 3.17. The Hall–Kier alpha value is -0.860. The van der Waals surface area contributed by atoms with Crippen LogP contribution in [-0.2, 0) is 13.2 Å². The molecule has 0 spiro atoms. The zero-order valence-electron chi connectivity index (χ0n) is 11.1. The first-order valence-corrected chi connectivity index (χ1v) is 6.69. The quantitative estimate of drug-likeness (QED) is 0.678.